The van der Waals surface area contributed by atoms with Crippen molar-refractivity contribution in [3.8, 4) is 0 Å². The van der Waals surface area contributed by atoms with E-state index in [4.69, 9.17) is 0 Å². The van der Waals surface area contributed by atoms with E-state index in [1.165, 1.54) is 7.05 Å². The van der Waals surface area contributed by atoms with Gasteiger partial charge in [-0.25, -0.2) is 4.98 Å². The zero-order valence-electron chi connectivity index (χ0n) is 10.5. The second-order valence-corrected chi connectivity index (χ2v) is 4.79. The molecule has 0 bridgehead atoms. The fourth-order valence-corrected chi connectivity index (χ4v) is 2.08. The second-order valence-electron chi connectivity index (χ2n) is 4.79. The first-order valence-electron chi connectivity index (χ1n) is 6.05. The van der Waals surface area contributed by atoms with E-state index in [0.29, 0.717) is 0 Å². The number of halogens is 3. The summed E-state index contributed by atoms with van der Waals surface area (Å²) < 4.78 is 38.3. The molecule has 0 amide bonds. The van der Waals surface area contributed by atoms with Crippen LogP contribution in [0.2, 0.25) is 0 Å². The third kappa shape index (κ3) is 2.91. The van der Waals surface area contributed by atoms with E-state index in [0.717, 1.165) is 31.4 Å². The van der Waals surface area contributed by atoms with Gasteiger partial charge in [0, 0.05) is 7.05 Å². The number of aliphatic hydroxyl groups is 1. The third-order valence-electron chi connectivity index (χ3n) is 3.42. The van der Waals surface area contributed by atoms with E-state index in [2.05, 4.69) is 15.6 Å². The number of anilines is 2. The van der Waals surface area contributed by atoms with Crippen molar-refractivity contribution in [1.82, 2.24) is 4.98 Å². The van der Waals surface area contributed by atoms with Crippen molar-refractivity contribution >= 4 is 11.6 Å². The Balaban J connectivity index is 2.29. The quantitative estimate of drug-likeness (QED) is 0.790. The van der Waals surface area contributed by atoms with Gasteiger partial charge in [0.2, 0.25) is 0 Å². The van der Waals surface area contributed by atoms with Crippen molar-refractivity contribution in [3.05, 3.63) is 17.7 Å². The normalized spacial score (nSPS) is 17.7. The van der Waals surface area contributed by atoms with E-state index >= 15 is 0 Å². The highest BCUT2D eigenvalue weighted by Gasteiger charge is 2.37. The van der Waals surface area contributed by atoms with Crippen LogP contribution in [0.4, 0.5) is 24.8 Å². The molecule has 7 heteroatoms. The predicted octanol–water partition coefficient (Wildman–Crippen LogP) is 2.47. The molecule has 0 aliphatic heterocycles. The third-order valence-corrected chi connectivity index (χ3v) is 3.42. The summed E-state index contributed by atoms with van der Waals surface area (Å²) in [5, 5.41) is 14.9. The summed E-state index contributed by atoms with van der Waals surface area (Å²) in [5.41, 5.74) is -1.29. The van der Waals surface area contributed by atoms with E-state index in [1.807, 2.05) is 0 Å². The SMILES string of the molecule is CNc1cc(C(F)(F)F)cc(NC2(CO)CCC2)n1. The molecule has 1 saturated carbocycles. The Labute approximate surface area is 109 Å². The van der Waals surface area contributed by atoms with Gasteiger partial charge < -0.3 is 15.7 Å². The van der Waals surface area contributed by atoms with E-state index in [-0.39, 0.29) is 18.2 Å². The van der Waals surface area contributed by atoms with Gasteiger partial charge in [-0.1, -0.05) is 0 Å². The standard InChI is InChI=1S/C12H16F3N3O/c1-16-9-5-8(12(13,14)15)6-10(17-9)18-11(7-19)3-2-4-11/h5-6,19H,2-4,7H2,1H3,(H2,16,17,18). The Bertz CT molecular complexity index is 453. The van der Waals surface area contributed by atoms with Crippen molar-refractivity contribution in [2.75, 3.05) is 24.3 Å². The summed E-state index contributed by atoms with van der Waals surface area (Å²) in [4.78, 5) is 4.05. The molecule has 1 aliphatic rings. The molecule has 0 atom stereocenters. The van der Waals surface area contributed by atoms with Crippen LogP contribution in [-0.2, 0) is 6.18 Å². The first kappa shape index (κ1) is 13.9. The Kier molecular flexibility index (Phi) is 3.58. The number of alkyl halides is 3. The van der Waals surface area contributed by atoms with Crippen LogP contribution in [0.3, 0.4) is 0 Å². The number of hydrogen-bond acceptors (Lipinski definition) is 4. The van der Waals surface area contributed by atoms with Crippen molar-refractivity contribution in [2.24, 2.45) is 0 Å². The van der Waals surface area contributed by atoms with Crippen LogP contribution < -0.4 is 10.6 Å². The van der Waals surface area contributed by atoms with Gasteiger partial charge >= 0.3 is 6.18 Å². The summed E-state index contributed by atoms with van der Waals surface area (Å²) in [6, 6.07) is 1.92. The largest absolute Gasteiger partial charge is 0.416 e. The molecule has 1 fully saturated rings. The van der Waals surface area contributed by atoms with Gasteiger partial charge in [-0.05, 0) is 31.4 Å². The predicted molar refractivity (Wildman–Crippen MR) is 66.1 cm³/mol. The molecule has 0 saturated heterocycles. The molecule has 1 aromatic rings. The average Bonchev–Trinajstić information content (AvgIpc) is 2.32. The lowest BCUT2D eigenvalue weighted by Gasteiger charge is -2.41. The molecule has 1 aromatic heterocycles. The Hall–Kier alpha value is -1.50. The van der Waals surface area contributed by atoms with Crippen LogP contribution in [-0.4, -0.2) is 29.3 Å². The van der Waals surface area contributed by atoms with E-state index in [1.54, 1.807) is 0 Å². The Morgan fingerprint density at radius 3 is 2.37 bits per heavy atom. The molecule has 19 heavy (non-hydrogen) atoms. The minimum atomic E-state index is -4.42. The van der Waals surface area contributed by atoms with Crippen LogP contribution in [0.1, 0.15) is 24.8 Å². The lowest BCUT2D eigenvalue weighted by atomic mass is 9.77. The van der Waals surface area contributed by atoms with Gasteiger partial charge in [-0.15, -0.1) is 0 Å². The van der Waals surface area contributed by atoms with Crippen molar-refractivity contribution < 1.29 is 18.3 Å². The first-order valence-corrected chi connectivity index (χ1v) is 6.05. The number of nitrogens with zero attached hydrogens (tertiary/aromatic N) is 1. The fraction of sp³-hybridized carbons (Fsp3) is 0.583. The van der Waals surface area contributed by atoms with Crippen LogP contribution in [0.25, 0.3) is 0 Å². The smallest absolute Gasteiger partial charge is 0.394 e. The number of aliphatic hydroxyl groups excluding tert-OH is 1. The molecule has 4 nitrogen and oxygen atoms in total. The molecule has 0 spiro atoms. The Morgan fingerprint density at radius 2 is 1.95 bits per heavy atom. The number of nitrogens with one attached hydrogen (secondary N) is 2. The monoisotopic (exact) mass is 275 g/mol. The summed E-state index contributed by atoms with van der Waals surface area (Å²) in [6.45, 7) is -0.111. The lowest BCUT2D eigenvalue weighted by Crippen LogP contribution is -2.48. The van der Waals surface area contributed by atoms with Crippen molar-refractivity contribution in [3.63, 3.8) is 0 Å². The molecule has 1 aliphatic carbocycles. The zero-order chi connectivity index (χ0) is 14.1. The van der Waals surface area contributed by atoms with Crippen molar-refractivity contribution in [2.45, 2.75) is 31.0 Å². The van der Waals surface area contributed by atoms with Gasteiger partial charge in [0.05, 0.1) is 17.7 Å². The molecular weight excluding hydrogens is 259 g/mol. The average molecular weight is 275 g/mol. The maximum absolute atomic E-state index is 12.8. The Morgan fingerprint density at radius 1 is 1.32 bits per heavy atom. The molecule has 2 rings (SSSR count). The number of rotatable bonds is 4. The lowest BCUT2D eigenvalue weighted by molar-refractivity contribution is -0.137. The minimum Gasteiger partial charge on any atom is -0.394 e. The molecule has 0 aromatic carbocycles. The minimum absolute atomic E-state index is 0.111. The molecule has 106 valence electrons. The molecule has 0 unspecified atom stereocenters. The van der Waals surface area contributed by atoms with Crippen LogP contribution in [0.15, 0.2) is 12.1 Å². The molecule has 1 heterocycles. The van der Waals surface area contributed by atoms with Gasteiger partial charge in [0.25, 0.3) is 0 Å². The molecule has 3 N–H and O–H groups in total. The van der Waals surface area contributed by atoms with E-state index < -0.39 is 17.3 Å². The summed E-state index contributed by atoms with van der Waals surface area (Å²) in [6.07, 6.45) is -2.00. The number of pyridine rings is 1. The van der Waals surface area contributed by atoms with E-state index in [9.17, 15) is 18.3 Å². The molecular formula is C12H16F3N3O. The van der Waals surface area contributed by atoms with Gasteiger partial charge in [0.1, 0.15) is 11.6 Å². The first-order chi connectivity index (χ1) is 8.88. The van der Waals surface area contributed by atoms with Gasteiger partial charge in [-0.2, -0.15) is 13.2 Å². The zero-order valence-corrected chi connectivity index (χ0v) is 10.5. The fourth-order valence-electron chi connectivity index (χ4n) is 2.08. The number of hydrogen-bond donors (Lipinski definition) is 3. The maximum Gasteiger partial charge on any atom is 0.416 e. The van der Waals surface area contributed by atoms with Crippen molar-refractivity contribution in [1.29, 1.82) is 0 Å². The summed E-state index contributed by atoms with van der Waals surface area (Å²) >= 11 is 0. The molecule has 0 radical (unpaired) electrons. The van der Waals surface area contributed by atoms with Crippen LogP contribution in [0.5, 0.6) is 0 Å². The topological polar surface area (TPSA) is 57.2 Å². The second kappa shape index (κ2) is 4.88. The van der Waals surface area contributed by atoms with Gasteiger partial charge in [-0.3, -0.25) is 0 Å². The highest BCUT2D eigenvalue weighted by molar-refractivity contribution is 5.51. The van der Waals surface area contributed by atoms with Crippen LogP contribution in [0, 0.1) is 0 Å². The van der Waals surface area contributed by atoms with Crippen LogP contribution >= 0.6 is 0 Å². The summed E-state index contributed by atoms with van der Waals surface area (Å²) in [5.74, 6) is 0.276. The summed E-state index contributed by atoms with van der Waals surface area (Å²) in [7, 11) is 1.51. The maximum atomic E-state index is 12.8. The van der Waals surface area contributed by atoms with Gasteiger partial charge in [0.15, 0.2) is 0 Å². The highest BCUT2D eigenvalue weighted by atomic mass is 19.4. The highest BCUT2D eigenvalue weighted by Crippen LogP contribution is 2.37. The number of aromatic nitrogens is 1.